The number of alkyl halides is 3. The number of rotatable bonds is 4. The van der Waals surface area contributed by atoms with Gasteiger partial charge in [-0.05, 0) is 19.1 Å². The van der Waals surface area contributed by atoms with Crippen LogP contribution in [-0.2, 0) is 4.74 Å². The van der Waals surface area contributed by atoms with Crippen molar-refractivity contribution in [1.82, 2.24) is 9.97 Å². The molecule has 3 N–H and O–H groups in total. The second-order valence-corrected chi connectivity index (χ2v) is 8.64. The minimum atomic E-state index is -4.91. The zero-order chi connectivity index (χ0) is 26.7. The molecule has 2 aromatic heterocycles. The first-order valence-corrected chi connectivity index (χ1v) is 10.5. The number of methoxy groups -OCH3 is 1. The minimum Gasteiger partial charge on any atom is -0.493 e. The van der Waals surface area contributed by atoms with Crippen LogP contribution in [0.1, 0.15) is 47.6 Å². The Balaban J connectivity index is 2.00. The van der Waals surface area contributed by atoms with E-state index in [9.17, 15) is 41.4 Å². The Hall–Kier alpha value is -3.74. The predicted octanol–water partition coefficient (Wildman–Crippen LogP) is 4.01. The fraction of sp³-hybridized carbons (Fsp3) is 0.348. The summed E-state index contributed by atoms with van der Waals surface area (Å²) in [4.78, 5) is 41.0. The smallest absolute Gasteiger partial charge is 0.417 e. The first-order chi connectivity index (χ1) is 16.7. The number of hydrogen-bond acceptors (Lipinski definition) is 5. The number of carboxylic acids is 1. The number of fused-ring (bicyclic) bond motifs is 1. The summed E-state index contributed by atoms with van der Waals surface area (Å²) in [5, 5.41) is 8.77. The first-order valence-electron chi connectivity index (χ1n) is 10.5. The summed E-state index contributed by atoms with van der Waals surface area (Å²) in [5.74, 6) is -7.53. The van der Waals surface area contributed by atoms with Crippen molar-refractivity contribution in [3.05, 3.63) is 73.4 Å². The summed E-state index contributed by atoms with van der Waals surface area (Å²) in [6, 6.07) is 3.61. The molecule has 1 aromatic carbocycles. The van der Waals surface area contributed by atoms with Gasteiger partial charge in [-0.2, -0.15) is 17.6 Å². The fourth-order valence-corrected chi connectivity index (χ4v) is 4.66. The number of nitrogens with one attached hydrogen (secondary N) is 2. The number of aromatic amines is 2. The van der Waals surface area contributed by atoms with E-state index in [-0.39, 0.29) is 16.8 Å². The number of ether oxygens (including phenoxy) is 2. The van der Waals surface area contributed by atoms with Gasteiger partial charge in [-0.1, -0.05) is 13.0 Å². The zero-order valence-corrected chi connectivity index (χ0v) is 18.9. The van der Waals surface area contributed by atoms with Crippen molar-refractivity contribution in [3.8, 4) is 5.75 Å². The number of halogens is 5. The molecule has 0 saturated carbocycles. The van der Waals surface area contributed by atoms with Gasteiger partial charge in [0.1, 0.15) is 17.2 Å². The topological polar surface area (TPSA) is 121 Å². The van der Waals surface area contributed by atoms with Crippen LogP contribution in [0.15, 0.2) is 33.9 Å². The molecule has 3 aromatic rings. The van der Waals surface area contributed by atoms with Gasteiger partial charge < -0.3 is 24.5 Å². The van der Waals surface area contributed by atoms with E-state index in [1.165, 1.54) is 6.92 Å². The molecule has 192 valence electrons. The largest absolute Gasteiger partial charge is 0.493 e. The van der Waals surface area contributed by atoms with Crippen LogP contribution in [0.5, 0.6) is 5.75 Å². The highest BCUT2D eigenvalue weighted by Crippen LogP contribution is 2.59. The van der Waals surface area contributed by atoms with E-state index < -0.39 is 75.1 Å². The van der Waals surface area contributed by atoms with Gasteiger partial charge in [0.05, 0.1) is 12.6 Å². The number of carboxylic acid groups (broad SMARTS) is 1. The molecule has 0 spiro atoms. The number of pyridine rings is 2. The SMILES string of the molecule is COc1c([C@H]2[C@H](c3cc(=O)c4c(=O)[nH]c(C(=O)O)cc4[nH]3)O[C@@](C)(C(F)(F)F)[C@H]2C)ccc(F)c1F. The molecule has 1 saturated heterocycles. The van der Waals surface area contributed by atoms with Crippen LogP contribution in [-0.4, -0.2) is 39.9 Å². The molecule has 4 rings (SSSR count). The molecule has 8 nitrogen and oxygen atoms in total. The molecular weight excluding hydrogens is 495 g/mol. The van der Waals surface area contributed by atoms with Crippen LogP contribution in [0.4, 0.5) is 22.0 Å². The van der Waals surface area contributed by atoms with Gasteiger partial charge in [0.15, 0.2) is 22.6 Å². The molecule has 4 atom stereocenters. The second kappa shape index (κ2) is 8.43. The highest BCUT2D eigenvalue weighted by molar-refractivity contribution is 5.90. The Kier molecular flexibility index (Phi) is 5.94. The lowest BCUT2D eigenvalue weighted by Crippen LogP contribution is -2.46. The van der Waals surface area contributed by atoms with Gasteiger partial charge in [-0.15, -0.1) is 0 Å². The maximum absolute atomic E-state index is 14.5. The summed E-state index contributed by atoms with van der Waals surface area (Å²) in [7, 11) is 1.03. The fourth-order valence-electron chi connectivity index (χ4n) is 4.66. The maximum Gasteiger partial charge on any atom is 0.417 e. The van der Waals surface area contributed by atoms with Gasteiger partial charge in [0.25, 0.3) is 5.56 Å². The van der Waals surface area contributed by atoms with E-state index in [2.05, 4.69) is 4.98 Å². The number of H-pyrrole nitrogens is 2. The lowest BCUT2D eigenvalue weighted by Gasteiger charge is -2.32. The molecule has 3 heterocycles. The van der Waals surface area contributed by atoms with Crippen LogP contribution < -0.4 is 15.7 Å². The third kappa shape index (κ3) is 3.74. The minimum absolute atomic E-state index is 0.139. The third-order valence-electron chi connectivity index (χ3n) is 6.69. The van der Waals surface area contributed by atoms with Crippen LogP contribution in [0, 0.1) is 17.6 Å². The van der Waals surface area contributed by atoms with E-state index in [1.54, 1.807) is 0 Å². The van der Waals surface area contributed by atoms with Gasteiger partial charge in [-0.3, -0.25) is 9.59 Å². The number of hydrogen-bond donors (Lipinski definition) is 3. The van der Waals surface area contributed by atoms with Gasteiger partial charge >= 0.3 is 12.1 Å². The Morgan fingerprint density at radius 2 is 1.83 bits per heavy atom. The molecule has 1 aliphatic heterocycles. The highest BCUT2D eigenvalue weighted by atomic mass is 19.4. The molecular formula is C23H19F5N2O6. The van der Waals surface area contributed by atoms with Crippen molar-refractivity contribution in [1.29, 1.82) is 0 Å². The molecule has 0 bridgehead atoms. The number of benzene rings is 1. The van der Waals surface area contributed by atoms with E-state index in [1.807, 2.05) is 4.98 Å². The van der Waals surface area contributed by atoms with Gasteiger partial charge in [0.2, 0.25) is 5.82 Å². The maximum atomic E-state index is 14.5. The molecule has 36 heavy (non-hydrogen) atoms. The van der Waals surface area contributed by atoms with Crippen LogP contribution in [0.3, 0.4) is 0 Å². The van der Waals surface area contributed by atoms with E-state index in [0.29, 0.717) is 0 Å². The Morgan fingerprint density at radius 3 is 2.42 bits per heavy atom. The Morgan fingerprint density at radius 1 is 1.17 bits per heavy atom. The average Bonchev–Trinajstić information content (AvgIpc) is 3.06. The van der Waals surface area contributed by atoms with Crippen molar-refractivity contribution in [2.75, 3.05) is 7.11 Å². The second-order valence-electron chi connectivity index (χ2n) is 8.64. The van der Waals surface area contributed by atoms with Gasteiger partial charge in [0, 0.05) is 29.2 Å². The van der Waals surface area contributed by atoms with E-state index in [0.717, 1.165) is 38.3 Å². The van der Waals surface area contributed by atoms with Crippen molar-refractivity contribution in [2.24, 2.45) is 5.92 Å². The van der Waals surface area contributed by atoms with Crippen LogP contribution >= 0.6 is 0 Å². The average molecular weight is 514 g/mol. The van der Waals surface area contributed by atoms with Crippen LogP contribution in [0.25, 0.3) is 10.9 Å². The number of carbonyl (C=O) groups is 1. The monoisotopic (exact) mass is 514 g/mol. The summed E-state index contributed by atoms with van der Waals surface area (Å²) in [5.41, 5.74) is -5.91. The standard InChI is InChI=1S/C23H19F5N2O6/c1-8-15(9-4-5-10(24)17(25)18(9)35-3)19(36-22(8,2)23(26,27)28)12-7-14(31)16-11(29-12)6-13(21(33)34)30-20(16)32/h4-8,15,19H,1-3H3,(H,29,31)(H,30,32)(H,33,34)/t8-,15-,19-,22+/m0/s1. The lowest BCUT2D eigenvalue weighted by atomic mass is 9.76. The summed E-state index contributed by atoms with van der Waals surface area (Å²) in [6.07, 6.45) is -6.48. The normalized spacial score (nSPS) is 24.3. The molecule has 0 aliphatic carbocycles. The lowest BCUT2D eigenvalue weighted by molar-refractivity contribution is -0.275. The summed E-state index contributed by atoms with van der Waals surface area (Å²) >= 11 is 0. The Labute approximate surface area is 198 Å². The molecule has 0 unspecified atom stereocenters. The Bertz CT molecular complexity index is 1500. The van der Waals surface area contributed by atoms with Gasteiger partial charge in [-0.25, -0.2) is 9.18 Å². The quantitative estimate of drug-likeness (QED) is 0.453. The van der Waals surface area contributed by atoms with Crippen molar-refractivity contribution < 1.29 is 41.3 Å². The van der Waals surface area contributed by atoms with E-state index in [4.69, 9.17) is 9.47 Å². The number of aromatic carboxylic acids is 1. The number of aromatic nitrogens is 2. The molecule has 0 radical (unpaired) electrons. The zero-order valence-electron chi connectivity index (χ0n) is 18.9. The van der Waals surface area contributed by atoms with E-state index >= 15 is 0 Å². The van der Waals surface area contributed by atoms with Crippen LogP contribution in [0.2, 0.25) is 0 Å². The molecule has 1 aliphatic rings. The predicted molar refractivity (Wildman–Crippen MR) is 115 cm³/mol. The molecule has 0 amide bonds. The first kappa shape index (κ1) is 25.4. The third-order valence-corrected chi connectivity index (χ3v) is 6.69. The summed E-state index contributed by atoms with van der Waals surface area (Å²) in [6.45, 7) is 2.01. The molecule has 13 heteroatoms. The van der Waals surface area contributed by atoms with Crippen molar-refractivity contribution >= 4 is 16.9 Å². The molecule has 1 fully saturated rings. The highest BCUT2D eigenvalue weighted by Gasteiger charge is 2.65. The van der Waals surface area contributed by atoms with Crippen molar-refractivity contribution in [3.63, 3.8) is 0 Å². The van der Waals surface area contributed by atoms with Crippen molar-refractivity contribution in [2.45, 2.75) is 37.6 Å². The summed E-state index contributed by atoms with van der Waals surface area (Å²) < 4.78 is 81.3.